The van der Waals surface area contributed by atoms with E-state index in [1.807, 2.05) is 11.8 Å². The quantitative estimate of drug-likeness (QED) is 0.807. The number of rotatable bonds is 6. The van der Waals surface area contributed by atoms with E-state index >= 15 is 0 Å². The maximum atomic E-state index is 4.49. The van der Waals surface area contributed by atoms with Gasteiger partial charge in [-0.05, 0) is 24.4 Å². The maximum Gasteiger partial charge on any atom is 0.170 e. The lowest BCUT2D eigenvalue weighted by atomic mass is 10.2. The zero-order valence-electron chi connectivity index (χ0n) is 10.6. The highest BCUT2D eigenvalue weighted by atomic mass is 32.2. The summed E-state index contributed by atoms with van der Waals surface area (Å²) < 4.78 is 5.43. The minimum absolute atomic E-state index is 0.577. The first-order valence-corrected chi connectivity index (χ1v) is 8.16. The van der Waals surface area contributed by atoms with Crippen LogP contribution in [-0.2, 0) is 6.42 Å². The van der Waals surface area contributed by atoms with E-state index in [2.05, 4.69) is 28.5 Å². The van der Waals surface area contributed by atoms with Crippen LogP contribution in [0, 0.1) is 0 Å². The molecule has 0 aromatic carbocycles. The van der Waals surface area contributed by atoms with E-state index < -0.39 is 0 Å². The molecular formula is C12H21N3S2. The molecule has 1 heterocycles. The van der Waals surface area contributed by atoms with Gasteiger partial charge in [0.25, 0.3) is 0 Å². The third-order valence-corrected chi connectivity index (χ3v) is 5.04. The third kappa shape index (κ3) is 4.23. The molecule has 0 radical (unpaired) electrons. The second-order valence-corrected chi connectivity index (χ2v) is 7.09. The molecular weight excluding hydrogens is 250 g/mol. The molecule has 5 heteroatoms. The van der Waals surface area contributed by atoms with Crippen LogP contribution in [0.2, 0.25) is 0 Å². The Morgan fingerprint density at radius 1 is 1.47 bits per heavy atom. The Kier molecular flexibility index (Phi) is 5.25. The SMILES string of the molecule is CCc1nsc(SC(C)CNC2CCCC2)n1. The lowest BCUT2D eigenvalue weighted by Crippen LogP contribution is -2.31. The average Bonchev–Trinajstić information content (AvgIpc) is 2.97. The molecule has 17 heavy (non-hydrogen) atoms. The van der Waals surface area contributed by atoms with Crippen LogP contribution >= 0.6 is 23.3 Å². The Bertz CT molecular complexity index is 334. The van der Waals surface area contributed by atoms with E-state index in [0.717, 1.165) is 29.2 Å². The van der Waals surface area contributed by atoms with Gasteiger partial charge in [-0.2, -0.15) is 4.37 Å². The molecule has 3 nitrogen and oxygen atoms in total. The Morgan fingerprint density at radius 2 is 2.24 bits per heavy atom. The lowest BCUT2D eigenvalue weighted by molar-refractivity contribution is 0.527. The molecule has 1 aromatic heterocycles. The van der Waals surface area contributed by atoms with Crippen molar-refractivity contribution in [1.82, 2.24) is 14.7 Å². The minimum Gasteiger partial charge on any atom is -0.313 e. The topological polar surface area (TPSA) is 37.8 Å². The van der Waals surface area contributed by atoms with Gasteiger partial charge in [0.05, 0.1) is 0 Å². The summed E-state index contributed by atoms with van der Waals surface area (Å²) >= 11 is 3.38. The minimum atomic E-state index is 0.577. The fourth-order valence-electron chi connectivity index (χ4n) is 2.11. The highest BCUT2D eigenvalue weighted by molar-refractivity contribution is 8.01. The molecule has 1 unspecified atom stereocenters. The van der Waals surface area contributed by atoms with Gasteiger partial charge >= 0.3 is 0 Å². The number of nitrogens with one attached hydrogen (secondary N) is 1. The predicted octanol–water partition coefficient (Wildman–Crippen LogP) is 3.11. The summed E-state index contributed by atoms with van der Waals surface area (Å²) in [6.45, 7) is 5.44. The van der Waals surface area contributed by atoms with Crippen LogP contribution in [0.25, 0.3) is 0 Å². The van der Waals surface area contributed by atoms with Gasteiger partial charge in [0.2, 0.25) is 0 Å². The van der Waals surface area contributed by atoms with E-state index in [-0.39, 0.29) is 0 Å². The molecule has 0 saturated heterocycles. The van der Waals surface area contributed by atoms with Crippen molar-refractivity contribution in [1.29, 1.82) is 0 Å². The van der Waals surface area contributed by atoms with Crippen LogP contribution in [0.15, 0.2) is 4.34 Å². The normalized spacial score (nSPS) is 18.7. The largest absolute Gasteiger partial charge is 0.313 e. The number of aromatic nitrogens is 2. The number of thioether (sulfide) groups is 1. The van der Waals surface area contributed by atoms with E-state index in [0.29, 0.717) is 5.25 Å². The standard InChI is InChI=1S/C12H21N3S2/c1-3-11-14-12(17-15-11)16-9(2)8-13-10-6-4-5-7-10/h9-10,13H,3-8H2,1-2H3. The maximum absolute atomic E-state index is 4.49. The highest BCUT2D eigenvalue weighted by Gasteiger charge is 2.16. The molecule has 1 saturated carbocycles. The third-order valence-electron chi connectivity index (χ3n) is 3.12. The Balaban J connectivity index is 1.70. The summed E-state index contributed by atoms with van der Waals surface area (Å²) in [5.41, 5.74) is 0. The molecule has 0 bridgehead atoms. The van der Waals surface area contributed by atoms with Crippen molar-refractivity contribution in [3.8, 4) is 0 Å². The Labute approximate surface area is 112 Å². The van der Waals surface area contributed by atoms with Gasteiger partial charge in [0.1, 0.15) is 5.82 Å². The monoisotopic (exact) mass is 271 g/mol. The van der Waals surface area contributed by atoms with Gasteiger partial charge in [-0.25, -0.2) is 4.98 Å². The number of hydrogen-bond donors (Lipinski definition) is 1. The summed E-state index contributed by atoms with van der Waals surface area (Å²) in [5.74, 6) is 0.980. The molecule has 2 rings (SSSR count). The summed E-state index contributed by atoms with van der Waals surface area (Å²) in [6, 6.07) is 0.763. The zero-order valence-corrected chi connectivity index (χ0v) is 12.2. The molecule has 1 N–H and O–H groups in total. The first-order chi connectivity index (χ1) is 8.28. The number of hydrogen-bond acceptors (Lipinski definition) is 5. The van der Waals surface area contributed by atoms with Gasteiger partial charge in [-0.3, -0.25) is 0 Å². The van der Waals surface area contributed by atoms with Crippen LogP contribution in [0.1, 0.15) is 45.4 Å². The van der Waals surface area contributed by atoms with Crippen molar-refractivity contribution in [3.05, 3.63) is 5.82 Å². The second kappa shape index (κ2) is 6.71. The molecule has 1 fully saturated rings. The zero-order chi connectivity index (χ0) is 12.1. The molecule has 1 atom stereocenters. The summed E-state index contributed by atoms with van der Waals surface area (Å²) in [4.78, 5) is 4.49. The molecule has 1 aromatic rings. The molecule has 0 spiro atoms. The van der Waals surface area contributed by atoms with Crippen molar-refractivity contribution >= 4 is 23.3 Å². The lowest BCUT2D eigenvalue weighted by Gasteiger charge is -2.15. The molecule has 1 aliphatic rings. The van der Waals surface area contributed by atoms with Crippen molar-refractivity contribution < 1.29 is 0 Å². The van der Waals surface area contributed by atoms with Gasteiger partial charge in [-0.15, -0.1) is 0 Å². The molecule has 1 aliphatic carbocycles. The molecule has 0 amide bonds. The van der Waals surface area contributed by atoms with Gasteiger partial charge in [-0.1, -0.05) is 38.5 Å². The van der Waals surface area contributed by atoms with E-state index in [1.165, 1.54) is 37.2 Å². The highest BCUT2D eigenvalue weighted by Crippen LogP contribution is 2.25. The van der Waals surface area contributed by atoms with Gasteiger partial charge in [0.15, 0.2) is 4.34 Å². The van der Waals surface area contributed by atoms with E-state index in [1.54, 1.807) is 0 Å². The fraction of sp³-hybridized carbons (Fsp3) is 0.833. The van der Waals surface area contributed by atoms with Crippen LogP contribution in [0.4, 0.5) is 0 Å². The van der Waals surface area contributed by atoms with Crippen LogP contribution in [0.3, 0.4) is 0 Å². The summed E-state index contributed by atoms with van der Waals surface area (Å²) in [6.07, 6.45) is 6.45. The van der Waals surface area contributed by atoms with E-state index in [9.17, 15) is 0 Å². The van der Waals surface area contributed by atoms with Crippen molar-refractivity contribution in [3.63, 3.8) is 0 Å². The summed E-state index contributed by atoms with van der Waals surface area (Å²) in [5, 5.41) is 4.24. The van der Waals surface area contributed by atoms with Gasteiger partial charge < -0.3 is 5.32 Å². The first-order valence-electron chi connectivity index (χ1n) is 6.50. The smallest absolute Gasteiger partial charge is 0.170 e. The number of aryl methyl sites for hydroxylation is 1. The van der Waals surface area contributed by atoms with Crippen LogP contribution in [-0.4, -0.2) is 27.2 Å². The molecule has 96 valence electrons. The Morgan fingerprint density at radius 3 is 2.88 bits per heavy atom. The first kappa shape index (κ1) is 13.3. The number of nitrogens with zero attached hydrogens (tertiary/aromatic N) is 2. The van der Waals surface area contributed by atoms with Crippen LogP contribution in [0.5, 0.6) is 0 Å². The van der Waals surface area contributed by atoms with Gasteiger partial charge in [0, 0.05) is 24.3 Å². The van der Waals surface area contributed by atoms with Crippen LogP contribution < -0.4 is 5.32 Å². The van der Waals surface area contributed by atoms with Crippen molar-refractivity contribution in [2.24, 2.45) is 0 Å². The summed E-state index contributed by atoms with van der Waals surface area (Å²) in [7, 11) is 0. The molecule has 0 aliphatic heterocycles. The van der Waals surface area contributed by atoms with Crippen molar-refractivity contribution in [2.45, 2.75) is 61.6 Å². The van der Waals surface area contributed by atoms with Crippen molar-refractivity contribution in [2.75, 3.05) is 6.54 Å². The Hall–Kier alpha value is -0.130. The fourth-order valence-corrected chi connectivity index (χ4v) is 4.06. The van der Waals surface area contributed by atoms with E-state index in [4.69, 9.17) is 0 Å². The second-order valence-electron chi connectivity index (χ2n) is 4.65. The predicted molar refractivity (Wildman–Crippen MR) is 74.9 cm³/mol. The average molecular weight is 271 g/mol.